The quantitative estimate of drug-likeness (QED) is 0.457. The van der Waals surface area contributed by atoms with E-state index in [-0.39, 0.29) is 0 Å². The van der Waals surface area contributed by atoms with Crippen LogP contribution in [0.25, 0.3) is 4.85 Å². The van der Waals surface area contributed by atoms with E-state index in [1.54, 1.807) is 12.1 Å². The summed E-state index contributed by atoms with van der Waals surface area (Å²) in [4.78, 5) is 7.58. The van der Waals surface area contributed by atoms with Crippen LogP contribution in [0.15, 0.2) is 12.1 Å². The summed E-state index contributed by atoms with van der Waals surface area (Å²) in [6.07, 6.45) is 0.798. The van der Waals surface area contributed by atoms with Gasteiger partial charge in [-0.3, -0.25) is 4.98 Å². The van der Waals surface area contributed by atoms with Crippen LogP contribution >= 0.6 is 24.8 Å². The van der Waals surface area contributed by atoms with Gasteiger partial charge in [0.05, 0.1) is 16.5 Å². The molecule has 0 radical (unpaired) electrons. The average molecular weight is 208 g/mol. The highest BCUT2D eigenvalue weighted by Crippen LogP contribution is 2.16. The molecule has 0 spiro atoms. The number of thiocarbonyl (C=S) groups is 1. The third-order valence-corrected chi connectivity index (χ3v) is 2.01. The molecule has 1 heterocycles. The Balaban J connectivity index is 3.24. The number of aryl methyl sites for hydroxylation is 1. The normalized spacial score (nSPS) is 9.31. The van der Waals surface area contributed by atoms with Crippen LogP contribution in [0.1, 0.15) is 18.3 Å². The maximum atomic E-state index is 6.88. The van der Waals surface area contributed by atoms with E-state index in [1.165, 1.54) is 0 Å². The SMILES string of the molecule is [C-]#[N+]c1cc(CC)nc(C(=S)S)c1. The van der Waals surface area contributed by atoms with Gasteiger partial charge in [0, 0.05) is 5.69 Å². The lowest BCUT2D eigenvalue weighted by atomic mass is 10.2. The monoisotopic (exact) mass is 208 g/mol. The topological polar surface area (TPSA) is 17.2 Å². The third-order valence-electron chi connectivity index (χ3n) is 1.57. The molecule has 4 heteroatoms. The minimum absolute atomic E-state index is 0.431. The Morgan fingerprint density at radius 2 is 2.38 bits per heavy atom. The second-order valence-electron chi connectivity index (χ2n) is 2.47. The Kier molecular flexibility index (Phi) is 3.40. The van der Waals surface area contributed by atoms with E-state index in [0.717, 1.165) is 12.1 Å². The molecule has 0 aliphatic heterocycles. The van der Waals surface area contributed by atoms with Crippen LogP contribution in [0.5, 0.6) is 0 Å². The van der Waals surface area contributed by atoms with E-state index >= 15 is 0 Å². The molecule has 0 saturated carbocycles. The summed E-state index contributed by atoms with van der Waals surface area (Å²) in [6, 6.07) is 3.42. The Morgan fingerprint density at radius 1 is 1.69 bits per heavy atom. The van der Waals surface area contributed by atoms with Crippen LogP contribution in [0.2, 0.25) is 0 Å². The zero-order valence-corrected chi connectivity index (χ0v) is 8.82. The zero-order valence-electron chi connectivity index (χ0n) is 7.11. The Hall–Kier alpha value is -0.920. The highest BCUT2D eigenvalue weighted by molar-refractivity contribution is 8.11. The van der Waals surface area contributed by atoms with Crippen LogP contribution in [0.3, 0.4) is 0 Å². The summed E-state index contributed by atoms with van der Waals surface area (Å²) >= 11 is 8.90. The molecule has 1 aromatic heterocycles. The molecule has 0 atom stereocenters. The standard InChI is InChI=1S/C9H8N2S2/c1-3-6-4-7(10-2)5-8(11-6)9(12)13/h4-5H,3H2,1H3,(H,12,13). The molecule has 0 N–H and O–H groups in total. The predicted octanol–water partition coefficient (Wildman–Crippen LogP) is 2.80. The minimum Gasteiger partial charge on any atom is -0.254 e. The van der Waals surface area contributed by atoms with Crippen LogP contribution in [-0.2, 0) is 6.42 Å². The van der Waals surface area contributed by atoms with E-state index in [9.17, 15) is 0 Å². The van der Waals surface area contributed by atoms with Gasteiger partial charge in [-0.25, -0.2) is 4.85 Å². The van der Waals surface area contributed by atoms with Crippen LogP contribution in [0.4, 0.5) is 5.69 Å². The molecule has 0 unspecified atom stereocenters. The first-order chi connectivity index (χ1) is 6.17. The number of thiol groups is 1. The number of pyridine rings is 1. The Bertz CT molecular complexity index is 380. The maximum Gasteiger partial charge on any atom is 0.191 e. The van der Waals surface area contributed by atoms with Gasteiger partial charge in [-0.15, -0.1) is 12.6 Å². The average Bonchev–Trinajstić information content (AvgIpc) is 2.16. The van der Waals surface area contributed by atoms with Gasteiger partial charge in [0.15, 0.2) is 5.69 Å². The summed E-state index contributed by atoms with van der Waals surface area (Å²) in [5, 5.41) is 0. The smallest absolute Gasteiger partial charge is 0.191 e. The molecule has 0 aliphatic carbocycles. The van der Waals surface area contributed by atoms with Gasteiger partial charge in [-0.1, -0.05) is 19.1 Å². The molecule has 0 fully saturated rings. The third kappa shape index (κ3) is 2.51. The molecular formula is C9H8N2S2. The fourth-order valence-corrected chi connectivity index (χ4v) is 1.15. The van der Waals surface area contributed by atoms with Gasteiger partial charge in [0.2, 0.25) is 0 Å². The zero-order chi connectivity index (χ0) is 9.84. The van der Waals surface area contributed by atoms with Gasteiger partial charge in [0.25, 0.3) is 0 Å². The Labute approximate surface area is 88.2 Å². The van der Waals surface area contributed by atoms with Crippen molar-refractivity contribution in [3.05, 3.63) is 34.9 Å². The second kappa shape index (κ2) is 4.35. The van der Waals surface area contributed by atoms with Crippen LogP contribution in [0, 0.1) is 6.57 Å². The Morgan fingerprint density at radius 3 is 2.85 bits per heavy atom. The van der Waals surface area contributed by atoms with Crippen molar-refractivity contribution in [2.24, 2.45) is 0 Å². The maximum absolute atomic E-state index is 6.88. The van der Waals surface area contributed by atoms with Crippen molar-refractivity contribution in [1.82, 2.24) is 4.98 Å². The number of rotatable bonds is 2. The number of hydrogen-bond donors (Lipinski definition) is 1. The van der Waals surface area contributed by atoms with Crippen molar-refractivity contribution in [3.8, 4) is 0 Å². The molecule has 1 rings (SSSR count). The molecule has 0 aliphatic rings. The summed E-state index contributed by atoms with van der Waals surface area (Å²) in [5.74, 6) is 0. The highest BCUT2D eigenvalue weighted by Gasteiger charge is 2.02. The first-order valence-electron chi connectivity index (χ1n) is 3.79. The molecule has 0 aromatic carbocycles. The minimum atomic E-state index is 0.431. The largest absolute Gasteiger partial charge is 0.254 e. The highest BCUT2D eigenvalue weighted by atomic mass is 32.1. The van der Waals surface area contributed by atoms with Crippen molar-refractivity contribution in [2.75, 3.05) is 0 Å². The van der Waals surface area contributed by atoms with E-state index in [2.05, 4.69) is 22.5 Å². The second-order valence-corrected chi connectivity index (χ2v) is 3.63. The lowest BCUT2D eigenvalue weighted by Crippen LogP contribution is -1.96. The molecule has 0 amide bonds. The first kappa shape index (κ1) is 10.2. The molecule has 66 valence electrons. The van der Waals surface area contributed by atoms with E-state index < -0.39 is 0 Å². The van der Waals surface area contributed by atoms with Crippen LogP contribution in [-0.4, -0.2) is 9.18 Å². The fourth-order valence-electron chi connectivity index (χ4n) is 0.927. The lowest BCUT2D eigenvalue weighted by molar-refractivity contribution is 1.03. The molecule has 0 saturated heterocycles. The van der Waals surface area contributed by atoms with Gasteiger partial charge < -0.3 is 0 Å². The molecule has 2 nitrogen and oxygen atoms in total. The van der Waals surface area contributed by atoms with Crippen molar-refractivity contribution in [1.29, 1.82) is 0 Å². The number of nitrogens with zero attached hydrogens (tertiary/aromatic N) is 2. The van der Waals surface area contributed by atoms with Crippen molar-refractivity contribution >= 4 is 34.7 Å². The molecule has 13 heavy (non-hydrogen) atoms. The first-order valence-corrected chi connectivity index (χ1v) is 4.64. The summed E-state index contributed by atoms with van der Waals surface area (Å²) in [5.41, 5.74) is 2.06. The molecule has 0 bridgehead atoms. The lowest BCUT2D eigenvalue weighted by Gasteiger charge is -2.01. The fraction of sp³-hybridized carbons (Fsp3) is 0.222. The van der Waals surface area contributed by atoms with Gasteiger partial charge in [-0.2, -0.15) is 0 Å². The van der Waals surface area contributed by atoms with Crippen molar-refractivity contribution in [3.63, 3.8) is 0 Å². The van der Waals surface area contributed by atoms with Crippen LogP contribution < -0.4 is 0 Å². The van der Waals surface area contributed by atoms with Gasteiger partial charge in [0.1, 0.15) is 0 Å². The molecular weight excluding hydrogens is 200 g/mol. The van der Waals surface area contributed by atoms with Gasteiger partial charge >= 0.3 is 0 Å². The van der Waals surface area contributed by atoms with Crippen molar-refractivity contribution < 1.29 is 0 Å². The van der Waals surface area contributed by atoms with E-state index in [1.807, 2.05) is 6.92 Å². The summed E-state index contributed by atoms with van der Waals surface area (Å²) < 4.78 is 0.431. The predicted molar refractivity (Wildman–Crippen MR) is 60.6 cm³/mol. The summed E-state index contributed by atoms with van der Waals surface area (Å²) in [7, 11) is 0. The van der Waals surface area contributed by atoms with E-state index in [0.29, 0.717) is 15.6 Å². The van der Waals surface area contributed by atoms with E-state index in [4.69, 9.17) is 18.8 Å². The van der Waals surface area contributed by atoms with Gasteiger partial charge in [-0.05, 0) is 18.6 Å². The number of hydrogen-bond acceptors (Lipinski definition) is 2. The molecule has 1 aromatic rings. The number of aromatic nitrogens is 1. The van der Waals surface area contributed by atoms with Crippen molar-refractivity contribution in [2.45, 2.75) is 13.3 Å². The summed E-state index contributed by atoms with van der Waals surface area (Å²) in [6.45, 7) is 8.87.